The quantitative estimate of drug-likeness (QED) is 0.649. The maximum absolute atomic E-state index is 11.3. The predicted molar refractivity (Wildman–Crippen MR) is 62.8 cm³/mol. The maximum atomic E-state index is 11.3. The zero-order valence-corrected chi connectivity index (χ0v) is 10.0. The number of rotatable bonds is 4. The third kappa shape index (κ3) is 3.03. The molecule has 1 rings (SSSR count). The number of nitrogen functional groups attached to an aromatic ring is 1. The highest BCUT2D eigenvalue weighted by molar-refractivity contribution is 6.33. The van der Waals surface area contributed by atoms with E-state index in [1.807, 2.05) is 0 Å². The van der Waals surface area contributed by atoms with Crippen molar-refractivity contribution in [2.45, 2.75) is 13.3 Å². The zero-order valence-electron chi connectivity index (χ0n) is 9.25. The Kier molecular flexibility index (Phi) is 4.43. The minimum atomic E-state index is -0.335. The minimum absolute atomic E-state index is 0.0938. The van der Waals surface area contributed by atoms with Crippen molar-refractivity contribution < 1.29 is 14.3 Å². The van der Waals surface area contributed by atoms with E-state index in [0.717, 1.165) is 0 Å². The summed E-state index contributed by atoms with van der Waals surface area (Å²) in [4.78, 5) is 11.3. The van der Waals surface area contributed by atoms with Crippen molar-refractivity contribution in [3.63, 3.8) is 0 Å². The summed E-state index contributed by atoms with van der Waals surface area (Å²) in [6.45, 7) is 2.09. The summed E-state index contributed by atoms with van der Waals surface area (Å²) in [5.41, 5.74) is 6.75. The molecule has 4 nitrogen and oxygen atoms in total. The molecule has 0 radical (unpaired) electrons. The second kappa shape index (κ2) is 5.61. The number of hydrogen-bond acceptors (Lipinski definition) is 4. The molecule has 0 unspecified atom stereocenters. The van der Waals surface area contributed by atoms with Crippen LogP contribution in [0.4, 0.5) is 5.69 Å². The van der Waals surface area contributed by atoms with E-state index in [2.05, 4.69) is 0 Å². The summed E-state index contributed by atoms with van der Waals surface area (Å²) < 4.78 is 9.88. The van der Waals surface area contributed by atoms with Crippen LogP contribution in [0.2, 0.25) is 5.02 Å². The molecule has 88 valence electrons. The van der Waals surface area contributed by atoms with Crippen LogP contribution in [0.5, 0.6) is 5.75 Å². The van der Waals surface area contributed by atoms with Crippen LogP contribution in [0.1, 0.15) is 12.5 Å². The molecule has 5 heteroatoms. The van der Waals surface area contributed by atoms with Gasteiger partial charge in [0.05, 0.1) is 30.8 Å². The highest BCUT2D eigenvalue weighted by atomic mass is 35.5. The summed E-state index contributed by atoms with van der Waals surface area (Å²) >= 11 is 5.90. The van der Waals surface area contributed by atoms with E-state index >= 15 is 0 Å². The Morgan fingerprint density at radius 2 is 2.19 bits per heavy atom. The monoisotopic (exact) mass is 243 g/mol. The van der Waals surface area contributed by atoms with Gasteiger partial charge in [0.25, 0.3) is 0 Å². The van der Waals surface area contributed by atoms with Crippen molar-refractivity contribution >= 4 is 23.3 Å². The molecule has 16 heavy (non-hydrogen) atoms. The Balaban J connectivity index is 2.94. The lowest BCUT2D eigenvalue weighted by molar-refractivity contribution is -0.142. The maximum Gasteiger partial charge on any atom is 0.310 e. The number of esters is 1. The third-order valence-electron chi connectivity index (χ3n) is 2.06. The topological polar surface area (TPSA) is 61.5 Å². The molecule has 0 amide bonds. The number of anilines is 1. The Hall–Kier alpha value is -1.42. The van der Waals surface area contributed by atoms with Gasteiger partial charge in [-0.25, -0.2) is 0 Å². The highest BCUT2D eigenvalue weighted by Gasteiger charge is 2.11. The van der Waals surface area contributed by atoms with Crippen LogP contribution in [0, 0.1) is 0 Å². The van der Waals surface area contributed by atoms with Crippen molar-refractivity contribution in [2.24, 2.45) is 0 Å². The highest BCUT2D eigenvalue weighted by Crippen LogP contribution is 2.29. The largest absolute Gasteiger partial charge is 0.497 e. The molecule has 0 saturated carbocycles. The number of hydrogen-bond donors (Lipinski definition) is 1. The molecule has 0 aliphatic rings. The fourth-order valence-corrected chi connectivity index (χ4v) is 1.51. The van der Waals surface area contributed by atoms with Gasteiger partial charge in [-0.05, 0) is 18.6 Å². The number of ether oxygens (including phenoxy) is 2. The number of carbonyl (C=O) groups excluding carboxylic acids is 1. The van der Waals surface area contributed by atoms with Gasteiger partial charge in [0.15, 0.2) is 0 Å². The Morgan fingerprint density at radius 3 is 2.75 bits per heavy atom. The fourth-order valence-electron chi connectivity index (χ4n) is 1.28. The minimum Gasteiger partial charge on any atom is -0.497 e. The van der Waals surface area contributed by atoms with E-state index in [1.165, 1.54) is 7.11 Å². The van der Waals surface area contributed by atoms with Crippen molar-refractivity contribution in [1.29, 1.82) is 0 Å². The number of benzene rings is 1. The van der Waals surface area contributed by atoms with Crippen LogP contribution in [0.3, 0.4) is 0 Å². The molecule has 0 atom stereocenters. The van der Waals surface area contributed by atoms with E-state index in [4.69, 9.17) is 26.8 Å². The average Bonchev–Trinajstić information content (AvgIpc) is 2.24. The molecule has 0 spiro atoms. The number of methoxy groups -OCH3 is 1. The van der Waals surface area contributed by atoms with Crippen LogP contribution < -0.4 is 10.5 Å². The Labute approximate surface area is 99.3 Å². The molecule has 0 aromatic heterocycles. The molecule has 0 bridgehead atoms. The molecular weight excluding hydrogens is 230 g/mol. The average molecular weight is 244 g/mol. The standard InChI is InChI=1S/C11H14ClNO3/c1-3-16-10(14)5-7-4-8(15-2)6-9(12)11(7)13/h4,6H,3,5,13H2,1-2H3. The second-order valence-corrected chi connectivity index (χ2v) is 3.57. The lowest BCUT2D eigenvalue weighted by Crippen LogP contribution is -2.09. The Bertz CT molecular complexity index is 393. The number of carbonyl (C=O) groups is 1. The van der Waals surface area contributed by atoms with Crippen LogP contribution >= 0.6 is 11.6 Å². The lowest BCUT2D eigenvalue weighted by Gasteiger charge is -2.09. The summed E-state index contributed by atoms with van der Waals surface area (Å²) in [7, 11) is 1.52. The molecular formula is C11H14ClNO3. The predicted octanol–water partition coefficient (Wildman–Crippen LogP) is 2.04. The van der Waals surface area contributed by atoms with Gasteiger partial charge in [-0.15, -0.1) is 0 Å². The molecule has 2 N–H and O–H groups in total. The van der Waals surface area contributed by atoms with E-state index in [9.17, 15) is 4.79 Å². The van der Waals surface area contributed by atoms with Gasteiger partial charge in [0.2, 0.25) is 0 Å². The van der Waals surface area contributed by atoms with Crippen molar-refractivity contribution in [2.75, 3.05) is 19.5 Å². The van der Waals surface area contributed by atoms with Gasteiger partial charge in [-0.3, -0.25) is 4.79 Å². The van der Waals surface area contributed by atoms with Crippen LogP contribution in [0.15, 0.2) is 12.1 Å². The zero-order chi connectivity index (χ0) is 12.1. The van der Waals surface area contributed by atoms with Crippen LogP contribution in [-0.4, -0.2) is 19.7 Å². The molecule has 0 saturated heterocycles. The number of halogens is 1. The van der Waals surface area contributed by atoms with Crippen LogP contribution in [0.25, 0.3) is 0 Å². The van der Waals surface area contributed by atoms with Crippen molar-refractivity contribution in [1.82, 2.24) is 0 Å². The van der Waals surface area contributed by atoms with Crippen LogP contribution in [-0.2, 0) is 16.0 Å². The first-order valence-corrected chi connectivity index (χ1v) is 5.23. The van der Waals surface area contributed by atoms with Gasteiger partial charge in [-0.2, -0.15) is 0 Å². The molecule has 0 fully saturated rings. The van der Waals surface area contributed by atoms with Crippen molar-refractivity contribution in [3.05, 3.63) is 22.7 Å². The number of nitrogens with two attached hydrogens (primary N) is 1. The summed E-state index contributed by atoms with van der Waals surface area (Å²) in [5.74, 6) is 0.233. The smallest absolute Gasteiger partial charge is 0.310 e. The molecule has 0 aliphatic heterocycles. The molecule has 0 aliphatic carbocycles. The first kappa shape index (κ1) is 12.6. The van der Waals surface area contributed by atoms with E-state index in [-0.39, 0.29) is 12.4 Å². The van der Waals surface area contributed by atoms with Crippen molar-refractivity contribution in [3.8, 4) is 5.75 Å². The normalized spacial score (nSPS) is 9.94. The van der Waals surface area contributed by atoms with Gasteiger partial charge in [-0.1, -0.05) is 11.6 Å². The van der Waals surface area contributed by atoms with Gasteiger partial charge in [0.1, 0.15) is 5.75 Å². The first-order chi connectivity index (χ1) is 7.58. The fraction of sp³-hybridized carbons (Fsp3) is 0.364. The lowest BCUT2D eigenvalue weighted by atomic mass is 10.1. The van der Waals surface area contributed by atoms with E-state index < -0.39 is 0 Å². The SMILES string of the molecule is CCOC(=O)Cc1cc(OC)cc(Cl)c1N. The van der Waals surface area contributed by atoms with Gasteiger partial charge >= 0.3 is 5.97 Å². The summed E-state index contributed by atoms with van der Waals surface area (Å²) in [6, 6.07) is 3.28. The molecule has 1 aromatic carbocycles. The molecule has 1 aromatic rings. The summed E-state index contributed by atoms with van der Waals surface area (Å²) in [6.07, 6.45) is 0.0938. The third-order valence-corrected chi connectivity index (χ3v) is 2.38. The second-order valence-electron chi connectivity index (χ2n) is 3.16. The molecule has 0 heterocycles. The van der Waals surface area contributed by atoms with Gasteiger partial charge < -0.3 is 15.2 Å². The summed E-state index contributed by atoms with van der Waals surface area (Å²) in [5, 5.41) is 0.374. The van der Waals surface area contributed by atoms with E-state index in [1.54, 1.807) is 19.1 Å². The Morgan fingerprint density at radius 1 is 1.50 bits per heavy atom. The first-order valence-electron chi connectivity index (χ1n) is 4.86. The van der Waals surface area contributed by atoms with Gasteiger partial charge in [0, 0.05) is 6.07 Å². The van der Waals surface area contributed by atoms with E-state index in [0.29, 0.717) is 28.6 Å².